The van der Waals surface area contributed by atoms with Gasteiger partial charge in [0.15, 0.2) is 12.4 Å². The molecule has 2 aromatic rings. The van der Waals surface area contributed by atoms with E-state index in [1.807, 2.05) is 0 Å². The van der Waals surface area contributed by atoms with Gasteiger partial charge in [0.1, 0.15) is 11.8 Å². The minimum Gasteiger partial charge on any atom is -0.454 e. The maximum atomic E-state index is 11.9. The van der Waals surface area contributed by atoms with Crippen LogP contribution in [0.4, 0.5) is 5.82 Å². The Bertz CT molecular complexity index is 726. The number of esters is 1. The highest BCUT2D eigenvalue weighted by molar-refractivity contribution is 5.97. The van der Waals surface area contributed by atoms with Crippen LogP contribution < -0.4 is 10.6 Å². The fourth-order valence-electron chi connectivity index (χ4n) is 1.79. The maximum absolute atomic E-state index is 11.9. The van der Waals surface area contributed by atoms with Gasteiger partial charge in [0.25, 0.3) is 11.8 Å². The van der Waals surface area contributed by atoms with Crippen molar-refractivity contribution in [3.63, 3.8) is 0 Å². The highest BCUT2D eigenvalue weighted by Crippen LogP contribution is 2.06. The number of nitrogens with zero attached hydrogens (tertiary/aromatic N) is 1. The first-order chi connectivity index (χ1) is 11.5. The van der Waals surface area contributed by atoms with E-state index in [1.54, 1.807) is 37.3 Å². The van der Waals surface area contributed by atoms with Crippen molar-refractivity contribution in [2.75, 3.05) is 11.9 Å². The minimum atomic E-state index is -0.889. The van der Waals surface area contributed by atoms with Gasteiger partial charge in [0.2, 0.25) is 0 Å². The van der Waals surface area contributed by atoms with Crippen LogP contribution in [0.25, 0.3) is 0 Å². The van der Waals surface area contributed by atoms with E-state index in [0.29, 0.717) is 11.3 Å². The second kappa shape index (κ2) is 7.91. The molecule has 24 heavy (non-hydrogen) atoms. The summed E-state index contributed by atoms with van der Waals surface area (Å²) in [4.78, 5) is 35.4. The van der Waals surface area contributed by atoms with Crippen molar-refractivity contribution in [2.45, 2.75) is 19.9 Å². The zero-order valence-corrected chi connectivity index (χ0v) is 13.2. The summed E-state index contributed by atoms with van der Waals surface area (Å²) in [5.74, 6) is -0.898. The molecule has 2 N–H and O–H groups in total. The molecule has 1 aromatic heterocycles. The van der Waals surface area contributed by atoms with Crippen LogP contribution in [0.3, 0.4) is 0 Å². The molecule has 0 aliphatic rings. The van der Waals surface area contributed by atoms with Gasteiger partial charge < -0.3 is 19.9 Å². The Labute approximate surface area is 138 Å². The van der Waals surface area contributed by atoms with Gasteiger partial charge in [-0.1, -0.05) is 23.4 Å². The SMILES string of the molecule is Cc1cc(NC(=O)COC(=O)C(C)NC(=O)c2ccccc2)no1. The Morgan fingerprint density at radius 3 is 2.58 bits per heavy atom. The standard InChI is InChI=1S/C16H17N3O5/c1-10-8-13(19-24-10)18-14(20)9-23-16(22)11(2)17-15(21)12-6-4-3-5-7-12/h3-8,11H,9H2,1-2H3,(H,17,21)(H,18,19,20). The lowest BCUT2D eigenvalue weighted by Gasteiger charge is -2.13. The molecular formula is C16H17N3O5. The summed E-state index contributed by atoms with van der Waals surface area (Å²) in [7, 11) is 0. The van der Waals surface area contributed by atoms with E-state index in [9.17, 15) is 14.4 Å². The van der Waals surface area contributed by atoms with E-state index >= 15 is 0 Å². The van der Waals surface area contributed by atoms with Crippen molar-refractivity contribution >= 4 is 23.6 Å². The van der Waals surface area contributed by atoms with Crippen LogP contribution >= 0.6 is 0 Å². The Hall–Kier alpha value is -3.16. The predicted molar refractivity (Wildman–Crippen MR) is 84.2 cm³/mol. The molecule has 2 amide bonds. The molecule has 8 nitrogen and oxygen atoms in total. The van der Waals surface area contributed by atoms with Crippen molar-refractivity contribution in [3.05, 3.63) is 47.7 Å². The Kier molecular flexibility index (Phi) is 5.67. The van der Waals surface area contributed by atoms with Gasteiger partial charge in [-0.3, -0.25) is 9.59 Å². The van der Waals surface area contributed by atoms with Gasteiger partial charge >= 0.3 is 5.97 Å². The largest absolute Gasteiger partial charge is 0.454 e. The third-order valence-corrected chi connectivity index (χ3v) is 2.98. The number of ether oxygens (including phenoxy) is 1. The average molecular weight is 331 g/mol. The molecule has 0 fully saturated rings. The number of carbonyl (C=O) groups is 3. The van der Waals surface area contributed by atoms with Crippen LogP contribution in [0.5, 0.6) is 0 Å². The second-order valence-corrected chi connectivity index (χ2v) is 5.04. The summed E-state index contributed by atoms with van der Waals surface area (Å²) in [6.45, 7) is 2.66. The zero-order valence-electron chi connectivity index (χ0n) is 13.2. The number of anilines is 1. The quantitative estimate of drug-likeness (QED) is 0.772. The van der Waals surface area contributed by atoms with Gasteiger partial charge in [-0.15, -0.1) is 0 Å². The number of benzene rings is 1. The zero-order chi connectivity index (χ0) is 17.5. The third kappa shape index (κ3) is 4.94. The lowest BCUT2D eigenvalue weighted by atomic mass is 10.2. The molecule has 2 rings (SSSR count). The van der Waals surface area contributed by atoms with Crippen LogP contribution in [0.2, 0.25) is 0 Å². The Morgan fingerprint density at radius 2 is 1.96 bits per heavy atom. The van der Waals surface area contributed by atoms with Crippen molar-refractivity contribution in [2.24, 2.45) is 0 Å². The van der Waals surface area contributed by atoms with Crippen molar-refractivity contribution in [1.82, 2.24) is 10.5 Å². The highest BCUT2D eigenvalue weighted by Gasteiger charge is 2.19. The van der Waals surface area contributed by atoms with Crippen LogP contribution in [0.1, 0.15) is 23.0 Å². The molecule has 0 aliphatic carbocycles. The summed E-state index contributed by atoms with van der Waals surface area (Å²) in [5.41, 5.74) is 0.427. The number of aryl methyl sites for hydroxylation is 1. The lowest BCUT2D eigenvalue weighted by molar-refractivity contribution is -0.148. The number of nitrogens with one attached hydrogen (secondary N) is 2. The Balaban J connectivity index is 1.77. The molecule has 0 spiro atoms. The van der Waals surface area contributed by atoms with Crippen LogP contribution in [-0.4, -0.2) is 35.6 Å². The van der Waals surface area contributed by atoms with Gasteiger partial charge in [0, 0.05) is 11.6 Å². The first kappa shape index (κ1) is 17.2. The molecule has 1 aromatic carbocycles. The Morgan fingerprint density at radius 1 is 1.25 bits per heavy atom. The lowest BCUT2D eigenvalue weighted by Crippen LogP contribution is -2.40. The van der Waals surface area contributed by atoms with E-state index in [1.165, 1.54) is 13.0 Å². The summed E-state index contributed by atoms with van der Waals surface area (Å²) >= 11 is 0. The minimum absolute atomic E-state index is 0.235. The van der Waals surface area contributed by atoms with Gasteiger partial charge in [-0.05, 0) is 26.0 Å². The number of amides is 2. The van der Waals surface area contributed by atoms with E-state index in [-0.39, 0.29) is 5.82 Å². The summed E-state index contributed by atoms with van der Waals surface area (Å²) < 4.78 is 9.65. The molecule has 1 heterocycles. The smallest absolute Gasteiger partial charge is 0.328 e. The van der Waals surface area contributed by atoms with Crippen molar-refractivity contribution in [1.29, 1.82) is 0 Å². The molecular weight excluding hydrogens is 314 g/mol. The fourth-order valence-corrected chi connectivity index (χ4v) is 1.79. The van der Waals surface area contributed by atoms with Gasteiger partial charge in [-0.25, -0.2) is 4.79 Å². The first-order valence-electron chi connectivity index (χ1n) is 7.21. The first-order valence-corrected chi connectivity index (χ1v) is 7.21. The fraction of sp³-hybridized carbons (Fsp3) is 0.250. The van der Waals surface area contributed by atoms with Crippen LogP contribution in [0.15, 0.2) is 40.9 Å². The number of hydrogen-bond donors (Lipinski definition) is 2. The molecule has 1 unspecified atom stereocenters. The number of hydrogen-bond acceptors (Lipinski definition) is 6. The molecule has 1 atom stereocenters. The molecule has 0 bridgehead atoms. The summed E-state index contributed by atoms with van der Waals surface area (Å²) in [6.07, 6.45) is 0. The summed E-state index contributed by atoms with van der Waals surface area (Å²) in [5, 5.41) is 8.50. The summed E-state index contributed by atoms with van der Waals surface area (Å²) in [6, 6.07) is 9.11. The molecule has 0 saturated carbocycles. The topological polar surface area (TPSA) is 111 Å². The van der Waals surface area contributed by atoms with Crippen molar-refractivity contribution in [3.8, 4) is 0 Å². The van der Waals surface area contributed by atoms with E-state index in [2.05, 4.69) is 15.8 Å². The molecule has 0 saturated heterocycles. The van der Waals surface area contributed by atoms with E-state index in [0.717, 1.165) is 0 Å². The number of rotatable bonds is 6. The predicted octanol–water partition coefficient (Wildman–Crippen LogP) is 1.28. The second-order valence-electron chi connectivity index (χ2n) is 5.04. The maximum Gasteiger partial charge on any atom is 0.328 e. The number of aromatic nitrogens is 1. The van der Waals surface area contributed by atoms with Gasteiger partial charge in [0.05, 0.1) is 0 Å². The van der Waals surface area contributed by atoms with Crippen LogP contribution in [0, 0.1) is 6.92 Å². The highest BCUT2D eigenvalue weighted by atomic mass is 16.5. The molecule has 0 radical (unpaired) electrons. The normalized spacial score (nSPS) is 11.4. The van der Waals surface area contributed by atoms with E-state index < -0.39 is 30.4 Å². The van der Waals surface area contributed by atoms with E-state index in [4.69, 9.17) is 9.26 Å². The average Bonchev–Trinajstić information content (AvgIpc) is 2.98. The van der Waals surface area contributed by atoms with Crippen LogP contribution in [-0.2, 0) is 14.3 Å². The molecule has 0 aliphatic heterocycles. The molecule has 126 valence electrons. The molecule has 8 heteroatoms. The number of carbonyl (C=O) groups excluding carboxylic acids is 3. The monoisotopic (exact) mass is 331 g/mol. The van der Waals surface area contributed by atoms with Crippen molar-refractivity contribution < 1.29 is 23.6 Å². The third-order valence-electron chi connectivity index (χ3n) is 2.98. The van der Waals surface area contributed by atoms with Gasteiger partial charge in [-0.2, -0.15) is 0 Å².